The van der Waals surface area contributed by atoms with Crippen molar-refractivity contribution in [2.75, 3.05) is 11.1 Å². The fourth-order valence-corrected chi connectivity index (χ4v) is 2.47. The minimum absolute atomic E-state index is 0.222. The first-order chi connectivity index (χ1) is 11.0. The van der Waals surface area contributed by atoms with Gasteiger partial charge in [0.25, 0.3) is 0 Å². The van der Waals surface area contributed by atoms with Gasteiger partial charge >= 0.3 is 0 Å². The number of rotatable bonds is 3. The van der Waals surface area contributed by atoms with Crippen molar-refractivity contribution in [2.45, 2.75) is 0 Å². The molecule has 114 valence electrons. The number of carbonyl (C=O) groups excluding carboxylic acids is 1. The highest BCUT2D eigenvalue weighted by Crippen LogP contribution is 2.29. The lowest BCUT2D eigenvalue weighted by Gasteiger charge is -2.08. The summed E-state index contributed by atoms with van der Waals surface area (Å²) in [6, 6.07) is 11.1. The molecule has 0 aliphatic carbocycles. The third-order valence-electron chi connectivity index (χ3n) is 3.29. The highest BCUT2D eigenvalue weighted by Gasteiger charge is 2.06. The highest BCUT2D eigenvalue weighted by atomic mass is 35.5. The van der Waals surface area contributed by atoms with Crippen LogP contribution in [0.1, 0.15) is 0 Å². The van der Waals surface area contributed by atoms with Crippen molar-refractivity contribution in [3.63, 3.8) is 0 Å². The molecule has 1 aromatic heterocycles. The molecule has 3 aromatic rings. The zero-order valence-electron chi connectivity index (χ0n) is 12.1. The summed E-state index contributed by atoms with van der Waals surface area (Å²) in [6.07, 6.45) is 2.88. The van der Waals surface area contributed by atoms with Gasteiger partial charge in [-0.1, -0.05) is 30.3 Å². The number of anilines is 2. The monoisotopic (exact) mass is 324 g/mol. The Kier molecular flexibility index (Phi) is 3.95. The Balaban J connectivity index is 2.06. The molecule has 0 spiro atoms. The molecule has 0 saturated carbocycles. The number of hydrogen-bond donors (Lipinski definition) is 2. The van der Waals surface area contributed by atoms with Crippen molar-refractivity contribution in [3.05, 3.63) is 60.3 Å². The quantitative estimate of drug-likeness (QED) is 0.720. The first-order valence-electron chi connectivity index (χ1n) is 6.82. The van der Waals surface area contributed by atoms with Crippen LogP contribution in [0.25, 0.3) is 22.0 Å². The maximum Gasteiger partial charge on any atom is 0.247 e. The lowest BCUT2D eigenvalue weighted by Crippen LogP contribution is -2.07. The second-order valence-electron chi connectivity index (χ2n) is 4.92. The average molecular weight is 325 g/mol. The Hall–Kier alpha value is -2.92. The number of nitrogens with two attached hydrogens (primary N) is 1. The summed E-state index contributed by atoms with van der Waals surface area (Å²) in [4.78, 5) is 19.6. The largest absolute Gasteiger partial charge is 0.368 e. The predicted molar refractivity (Wildman–Crippen MR) is 93.2 cm³/mol. The van der Waals surface area contributed by atoms with Crippen LogP contribution in [0.5, 0.6) is 0 Å². The van der Waals surface area contributed by atoms with E-state index in [9.17, 15) is 4.79 Å². The lowest BCUT2D eigenvalue weighted by atomic mass is 10.0. The van der Waals surface area contributed by atoms with Crippen molar-refractivity contribution in [2.24, 2.45) is 0 Å². The second-order valence-corrected chi connectivity index (χ2v) is 5.36. The SMILES string of the molecule is C=CC(=O)Nc1cc(Cl)cc(-c2ccc3cnc(N)nc3c2)c1. The van der Waals surface area contributed by atoms with Gasteiger partial charge in [0.2, 0.25) is 11.9 Å². The molecule has 0 atom stereocenters. The molecule has 0 aliphatic rings. The average Bonchev–Trinajstić information content (AvgIpc) is 2.53. The fourth-order valence-electron chi connectivity index (χ4n) is 2.24. The second kappa shape index (κ2) is 6.06. The van der Waals surface area contributed by atoms with Crippen LogP contribution in [0, 0.1) is 0 Å². The van der Waals surface area contributed by atoms with Crippen LogP contribution >= 0.6 is 11.6 Å². The van der Waals surface area contributed by atoms with Gasteiger partial charge in [-0.2, -0.15) is 0 Å². The number of hydrogen-bond acceptors (Lipinski definition) is 4. The van der Waals surface area contributed by atoms with Crippen molar-refractivity contribution < 1.29 is 4.79 Å². The maximum atomic E-state index is 11.4. The summed E-state index contributed by atoms with van der Waals surface area (Å²) in [7, 11) is 0. The molecular weight excluding hydrogens is 312 g/mol. The maximum absolute atomic E-state index is 11.4. The summed E-state index contributed by atoms with van der Waals surface area (Å²) >= 11 is 6.15. The molecule has 2 aromatic carbocycles. The van der Waals surface area contributed by atoms with E-state index in [0.717, 1.165) is 22.0 Å². The van der Waals surface area contributed by atoms with Gasteiger partial charge in [-0.15, -0.1) is 0 Å². The summed E-state index contributed by atoms with van der Waals surface area (Å²) in [5.74, 6) is -0.0723. The molecule has 3 N–H and O–H groups in total. The number of carbonyl (C=O) groups is 1. The standard InChI is InChI=1S/C17H13ClN4O/c1-2-16(23)21-14-6-12(5-13(18)8-14)10-3-4-11-9-20-17(19)22-15(11)7-10/h2-9H,1H2,(H,21,23)(H2,19,20,22). The van der Waals surface area contributed by atoms with Gasteiger partial charge in [0, 0.05) is 22.3 Å². The van der Waals surface area contributed by atoms with Crippen LogP contribution in [0.3, 0.4) is 0 Å². The third-order valence-corrected chi connectivity index (χ3v) is 3.50. The van der Waals surface area contributed by atoms with E-state index in [4.69, 9.17) is 17.3 Å². The van der Waals surface area contributed by atoms with Crippen molar-refractivity contribution in [1.29, 1.82) is 0 Å². The zero-order valence-corrected chi connectivity index (χ0v) is 12.8. The van der Waals surface area contributed by atoms with Gasteiger partial charge in [0.15, 0.2) is 0 Å². The fraction of sp³-hybridized carbons (Fsp3) is 0. The Morgan fingerprint density at radius 2 is 2.04 bits per heavy atom. The first-order valence-corrected chi connectivity index (χ1v) is 7.19. The number of benzene rings is 2. The van der Waals surface area contributed by atoms with E-state index in [0.29, 0.717) is 10.7 Å². The summed E-state index contributed by atoms with van der Waals surface area (Å²) in [5, 5.41) is 4.11. The van der Waals surface area contributed by atoms with Gasteiger partial charge in [0.1, 0.15) is 0 Å². The number of fused-ring (bicyclic) bond motifs is 1. The molecule has 23 heavy (non-hydrogen) atoms. The van der Waals surface area contributed by atoms with Crippen LogP contribution < -0.4 is 11.1 Å². The molecule has 5 nitrogen and oxygen atoms in total. The third kappa shape index (κ3) is 3.30. The molecule has 0 bridgehead atoms. The van der Waals surface area contributed by atoms with Gasteiger partial charge in [-0.05, 0) is 41.5 Å². The van der Waals surface area contributed by atoms with Gasteiger partial charge in [0.05, 0.1) is 5.52 Å². The number of halogens is 1. The molecule has 0 radical (unpaired) electrons. The molecule has 1 heterocycles. The molecule has 0 saturated heterocycles. The van der Waals surface area contributed by atoms with Crippen molar-refractivity contribution in [3.8, 4) is 11.1 Å². The molecule has 3 rings (SSSR count). The Labute approximate surface area is 137 Å². The minimum Gasteiger partial charge on any atom is -0.368 e. The van der Waals surface area contributed by atoms with E-state index < -0.39 is 0 Å². The smallest absolute Gasteiger partial charge is 0.247 e. The highest BCUT2D eigenvalue weighted by molar-refractivity contribution is 6.31. The first kappa shape index (κ1) is 15.0. The topological polar surface area (TPSA) is 80.9 Å². The van der Waals surface area contributed by atoms with Crippen molar-refractivity contribution >= 4 is 40.0 Å². The van der Waals surface area contributed by atoms with Crippen LogP contribution in [0.2, 0.25) is 5.02 Å². The number of aromatic nitrogens is 2. The van der Waals surface area contributed by atoms with Crippen LogP contribution in [0.4, 0.5) is 11.6 Å². The molecule has 6 heteroatoms. The molecule has 1 amide bonds. The van der Waals surface area contributed by atoms with Crippen molar-refractivity contribution in [1.82, 2.24) is 9.97 Å². The molecule has 0 fully saturated rings. The summed E-state index contributed by atoms with van der Waals surface area (Å²) in [6.45, 7) is 3.43. The Morgan fingerprint density at radius 1 is 1.22 bits per heavy atom. The molecule has 0 unspecified atom stereocenters. The van der Waals surface area contributed by atoms with E-state index >= 15 is 0 Å². The predicted octanol–water partition coefficient (Wildman–Crippen LogP) is 3.66. The van der Waals surface area contributed by atoms with Crippen LogP contribution in [0.15, 0.2) is 55.3 Å². The molecular formula is C17H13ClN4O. The van der Waals surface area contributed by atoms with E-state index in [2.05, 4.69) is 21.9 Å². The summed E-state index contributed by atoms with van der Waals surface area (Å²) < 4.78 is 0. The number of nitrogen functional groups attached to an aromatic ring is 1. The van der Waals surface area contributed by atoms with Crippen LogP contribution in [-0.2, 0) is 4.79 Å². The minimum atomic E-state index is -0.294. The summed E-state index contributed by atoms with van der Waals surface area (Å²) in [5.41, 5.74) is 8.74. The van der Waals surface area contributed by atoms with E-state index in [1.165, 1.54) is 6.08 Å². The van der Waals surface area contributed by atoms with E-state index in [-0.39, 0.29) is 11.9 Å². The molecule has 0 aliphatic heterocycles. The number of amides is 1. The van der Waals surface area contributed by atoms with Crippen LogP contribution in [-0.4, -0.2) is 15.9 Å². The number of nitrogens with zero attached hydrogens (tertiary/aromatic N) is 2. The number of nitrogens with one attached hydrogen (secondary N) is 1. The normalized spacial score (nSPS) is 10.5. The van der Waals surface area contributed by atoms with Gasteiger partial charge in [-0.3, -0.25) is 4.79 Å². The lowest BCUT2D eigenvalue weighted by molar-refractivity contribution is -0.111. The van der Waals surface area contributed by atoms with E-state index in [1.54, 1.807) is 12.3 Å². The Bertz CT molecular complexity index is 924. The van der Waals surface area contributed by atoms with Gasteiger partial charge < -0.3 is 11.1 Å². The van der Waals surface area contributed by atoms with E-state index in [1.807, 2.05) is 30.3 Å². The Morgan fingerprint density at radius 3 is 2.83 bits per heavy atom. The zero-order chi connectivity index (χ0) is 16.4. The van der Waals surface area contributed by atoms with Gasteiger partial charge in [-0.25, -0.2) is 9.97 Å².